The van der Waals surface area contributed by atoms with Gasteiger partial charge in [-0.2, -0.15) is 0 Å². The summed E-state index contributed by atoms with van der Waals surface area (Å²) in [5, 5.41) is 0. The molecule has 2 radical (unpaired) electrons. The summed E-state index contributed by atoms with van der Waals surface area (Å²) in [6.45, 7) is 4.26. The Kier molecular flexibility index (Phi) is 2.72. The Bertz CT molecular complexity index is 646. The van der Waals surface area contributed by atoms with Gasteiger partial charge in [0.15, 0.2) is 5.78 Å². The first kappa shape index (κ1) is 12.7. The third-order valence-electron chi connectivity index (χ3n) is 3.86. The van der Waals surface area contributed by atoms with Crippen LogP contribution in [0.3, 0.4) is 0 Å². The molecule has 0 spiro atoms. The molecule has 0 unspecified atom stereocenters. The number of carbonyl (C=O) groups is 1. The lowest BCUT2D eigenvalue weighted by atomic mass is 9.67. The molecule has 1 nitrogen and oxygen atoms in total. The molecular formula is C16H12BBrO. The molecule has 2 aromatic rings. The minimum absolute atomic E-state index is 0.0804. The molecular weight excluding hydrogens is 299 g/mol. The van der Waals surface area contributed by atoms with Gasteiger partial charge < -0.3 is 0 Å². The van der Waals surface area contributed by atoms with Gasteiger partial charge in [0.1, 0.15) is 7.85 Å². The fourth-order valence-electron chi connectivity index (χ4n) is 2.80. The van der Waals surface area contributed by atoms with E-state index in [-0.39, 0.29) is 11.2 Å². The normalized spacial score (nSPS) is 15.8. The highest BCUT2D eigenvalue weighted by Gasteiger charge is 2.36. The number of rotatable bonds is 0. The van der Waals surface area contributed by atoms with E-state index in [4.69, 9.17) is 7.85 Å². The number of carbonyl (C=O) groups excluding carboxylic acids is 1. The van der Waals surface area contributed by atoms with E-state index in [1.54, 1.807) is 6.07 Å². The molecule has 0 aromatic heterocycles. The number of hydrogen-bond donors (Lipinski definition) is 0. The van der Waals surface area contributed by atoms with Crippen LogP contribution in [0.2, 0.25) is 0 Å². The number of halogens is 1. The lowest BCUT2D eigenvalue weighted by Gasteiger charge is -2.34. The zero-order valence-electron chi connectivity index (χ0n) is 10.8. The van der Waals surface area contributed by atoms with Gasteiger partial charge in [-0.1, -0.05) is 53.4 Å². The predicted molar refractivity (Wildman–Crippen MR) is 81.5 cm³/mol. The van der Waals surface area contributed by atoms with E-state index in [2.05, 4.69) is 29.8 Å². The second-order valence-corrected chi connectivity index (χ2v) is 6.36. The van der Waals surface area contributed by atoms with Gasteiger partial charge >= 0.3 is 0 Å². The number of hydrogen-bond acceptors (Lipinski definition) is 1. The van der Waals surface area contributed by atoms with Gasteiger partial charge in [0.25, 0.3) is 0 Å². The Labute approximate surface area is 122 Å². The average Bonchev–Trinajstić information content (AvgIpc) is 2.36. The van der Waals surface area contributed by atoms with Gasteiger partial charge in [0.2, 0.25) is 0 Å². The Morgan fingerprint density at radius 2 is 1.58 bits per heavy atom. The SMILES string of the molecule is [B]c1ccc2c(c1)C(C)(C)c1cc(Br)ccc1C2=O. The van der Waals surface area contributed by atoms with Gasteiger partial charge in [-0.3, -0.25) is 4.79 Å². The minimum Gasteiger partial charge on any atom is -0.289 e. The van der Waals surface area contributed by atoms with Crippen molar-refractivity contribution in [2.45, 2.75) is 19.3 Å². The molecule has 0 aliphatic heterocycles. The molecule has 0 atom stereocenters. The highest BCUT2D eigenvalue weighted by atomic mass is 79.9. The Balaban J connectivity index is 2.36. The van der Waals surface area contributed by atoms with E-state index in [1.165, 1.54) is 0 Å². The molecule has 1 aliphatic rings. The summed E-state index contributed by atoms with van der Waals surface area (Å²) < 4.78 is 0.986. The van der Waals surface area contributed by atoms with Crippen LogP contribution < -0.4 is 5.46 Å². The van der Waals surface area contributed by atoms with Crippen LogP contribution in [0.4, 0.5) is 0 Å². The smallest absolute Gasteiger partial charge is 0.193 e. The van der Waals surface area contributed by atoms with Gasteiger partial charge in [0.05, 0.1) is 0 Å². The lowest BCUT2D eigenvalue weighted by molar-refractivity contribution is 0.103. The van der Waals surface area contributed by atoms with Gasteiger partial charge in [-0.05, 0) is 29.3 Å². The summed E-state index contributed by atoms with van der Waals surface area (Å²) in [5.41, 5.74) is 4.06. The van der Waals surface area contributed by atoms with E-state index >= 15 is 0 Å². The average molecular weight is 311 g/mol. The van der Waals surface area contributed by atoms with Crippen molar-refractivity contribution in [2.75, 3.05) is 0 Å². The minimum atomic E-state index is -0.224. The van der Waals surface area contributed by atoms with E-state index in [0.717, 1.165) is 26.7 Å². The van der Waals surface area contributed by atoms with Gasteiger partial charge in [-0.15, -0.1) is 0 Å². The van der Waals surface area contributed by atoms with Crippen LogP contribution in [0.5, 0.6) is 0 Å². The molecule has 3 heteroatoms. The van der Waals surface area contributed by atoms with Gasteiger partial charge in [-0.25, -0.2) is 0 Å². The Hall–Kier alpha value is -1.35. The van der Waals surface area contributed by atoms with Crippen LogP contribution in [-0.2, 0) is 5.41 Å². The van der Waals surface area contributed by atoms with Crippen LogP contribution in [0.25, 0.3) is 0 Å². The zero-order chi connectivity index (χ0) is 13.8. The van der Waals surface area contributed by atoms with Crippen LogP contribution in [0, 0.1) is 0 Å². The van der Waals surface area contributed by atoms with Crippen LogP contribution in [0.15, 0.2) is 40.9 Å². The summed E-state index contributed by atoms with van der Waals surface area (Å²) >= 11 is 3.48. The maximum absolute atomic E-state index is 12.6. The third kappa shape index (κ3) is 1.79. The zero-order valence-corrected chi connectivity index (χ0v) is 12.4. The monoisotopic (exact) mass is 310 g/mol. The summed E-state index contributed by atoms with van der Waals surface area (Å²) in [7, 11) is 5.88. The molecule has 0 heterocycles. The van der Waals surface area contributed by atoms with Crippen molar-refractivity contribution in [1.82, 2.24) is 0 Å². The van der Waals surface area contributed by atoms with Gasteiger partial charge in [0, 0.05) is 21.0 Å². The molecule has 19 heavy (non-hydrogen) atoms. The van der Waals surface area contributed by atoms with Crippen LogP contribution >= 0.6 is 15.9 Å². The van der Waals surface area contributed by atoms with Crippen molar-refractivity contribution in [3.63, 3.8) is 0 Å². The summed E-state index contributed by atoms with van der Waals surface area (Å²) in [6, 6.07) is 11.4. The number of benzene rings is 2. The third-order valence-corrected chi connectivity index (χ3v) is 4.35. The summed E-state index contributed by atoms with van der Waals surface area (Å²) in [6.07, 6.45) is 0. The standard InChI is InChI=1S/C16H12BBrO/c1-16(2)13-7-9(17)3-5-11(13)15(19)12-6-4-10(18)8-14(12)16/h3-8H,1-2H3. The molecule has 1 aliphatic carbocycles. The van der Waals surface area contributed by atoms with Crippen molar-refractivity contribution in [2.24, 2.45) is 0 Å². The molecule has 92 valence electrons. The molecule has 0 amide bonds. The van der Waals surface area contributed by atoms with Crippen molar-refractivity contribution in [3.8, 4) is 0 Å². The molecule has 3 rings (SSSR count). The molecule has 0 N–H and O–H groups in total. The summed E-state index contributed by atoms with van der Waals surface area (Å²) in [5.74, 6) is 0.0804. The van der Waals surface area contributed by atoms with Crippen LogP contribution in [-0.4, -0.2) is 13.6 Å². The topological polar surface area (TPSA) is 17.1 Å². The highest BCUT2D eigenvalue weighted by Crippen LogP contribution is 2.41. The maximum Gasteiger partial charge on any atom is 0.193 e. The second kappa shape index (κ2) is 4.07. The first-order valence-electron chi connectivity index (χ1n) is 6.16. The van der Waals surface area contributed by atoms with Crippen molar-refractivity contribution in [3.05, 3.63) is 63.1 Å². The largest absolute Gasteiger partial charge is 0.289 e. The fourth-order valence-corrected chi connectivity index (χ4v) is 3.16. The Morgan fingerprint density at radius 3 is 2.26 bits per heavy atom. The Morgan fingerprint density at radius 1 is 1.00 bits per heavy atom. The molecule has 0 fully saturated rings. The lowest BCUT2D eigenvalue weighted by Crippen LogP contribution is -2.31. The van der Waals surface area contributed by atoms with E-state index < -0.39 is 0 Å². The van der Waals surface area contributed by atoms with Crippen molar-refractivity contribution < 1.29 is 4.79 Å². The van der Waals surface area contributed by atoms with E-state index in [1.807, 2.05) is 30.3 Å². The molecule has 0 bridgehead atoms. The first-order valence-corrected chi connectivity index (χ1v) is 6.95. The number of fused-ring (bicyclic) bond motifs is 2. The van der Waals surface area contributed by atoms with Crippen molar-refractivity contribution in [1.29, 1.82) is 0 Å². The second-order valence-electron chi connectivity index (χ2n) is 5.45. The van der Waals surface area contributed by atoms with E-state index in [0.29, 0.717) is 5.46 Å². The number of ketones is 1. The van der Waals surface area contributed by atoms with E-state index in [9.17, 15) is 4.79 Å². The summed E-state index contributed by atoms with van der Waals surface area (Å²) in [4.78, 5) is 12.6. The maximum atomic E-state index is 12.6. The first-order chi connectivity index (χ1) is 8.91. The van der Waals surface area contributed by atoms with Crippen molar-refractivity contribution >= 4 is 35.0 Å². The predicted octanol–water partition coefficient (Wildman–Crippen LogP) is 3.11. The molecule has 0 saturated heterocycles. The quantitative estimate of drug-likeness (QED) is 0.683. The highest BCUT2D eigenvalue weighted by molar-refractivity contribution is 9.10. The van der Waals surface area contributed by atoms with Crippen LogP contribution in [0.1, 0.15) is 40.9 Å². The molecule has 0 saturated carbocycles. The fraction of sp³-hybridized carbons (Fsp3) is 0.188. The molecule has 2 aromatic carbocycles.